The number of carbonyl (C=O) groups is 3. The highest BCUT2D eigenvalue weighted by atomic mass is 16.4. The summed E-state index contributed by atoms with van der Waals surface area (Å²) in [6.45, 7) is -0.142. The molecular weight excluding hydrogens is 398 g/mol. The van der Waals surface area contributed by atoms with Crippen molar-refractivity contribution in [3.63, 3.8) is 0 Å². The number of nitrogens with zero attached hydrogens (tertiary/aromatic N) is 2. The lowest BCUT2D eigenvalue weighted by Gasteiger charge is -2.28. The van der Waals surface area contributed by atoms with E-state index in [0.29, 0.717) is 5.92 Å². The highest BCUT2D eigenvalue weighted by molar-refractivity contribution is 6.19. The quantitative estimate of drug-likeness (QED) is 0.591. The molecule has 1 aromatic heterocycles. The van der Waals surface area contributed by atoms with Crippen LogP contribution >= 0.6 is 0 Å². The van der Waals surface area contributed by atoms with E-state index < -0.39 is 29.9 Å². The van der Waals surface area contributed by atoms with Gasteiger partial charge in [0.2, 0.25) is 0 Å². The summed E-state index contributed by atoms with van der Waals surface area (Å²) >= 11 is 0. The van der Waals surface area contributed by atoms with Crippen LogP contribution in [-0.4, -0.2) is 51.0 Å². The van der Waals surface area contributed by atoms with Gasteiger partial charge in [-0.15, -0.1) is 0 Å². The molecule has 1 fully saturated rings. The van der Waals surface area contributed by atoms with Gasteiger partial charge in [-0.2, -0.15) is 0 Å². The first-order chi connectivity index (χ1) is 14.9. The molecule has 2 amide bonds. The molecule has 2 aliphatic rings. The van der Waals surface area contributed by atoms with E-state index in [2.05, 4.69) is 34.6 Å². The molecule has 1 aromatic carbocycles. The van der Waals surface area contributed by atoms with Crippen molar-refractivity contribution in [3.8, 4) is 11.3 Å². The summed E-state index contributed by atoms with van der Waals surface area (Å²) in [5.74, 6) is -2.38. The van der Waals surface area contributed by atoms with Crippen molar-refractivity contribution in [1.82, 2.24) is 15.2 Å². The maximum Gasteiger partial charge on any atom is 0.322 e. The molecule has 0 bridgehead atoms. The third-order valence-electron chi connectivity index (χ3n) is 5.49. The van der Waals surface area contributed by atoms with Crippen LogP contribution in [0.4, 0.5) is 0 Å². The minimum atomic E-state index is -1.23. The van der Waals surface area contributed by atoms with Crippen LogP contribution in [0.3, 0.4) is 0 Å². The topological polar surface area (TPSA) is 120 Å². The lowest BCUT2D eigenvalue weighted by molar-refractivity contribution is -0.138. The lowest BCUT2D eigenvalue weighted by atomic mass is 10.0. The van der Waals surface area contributed by atoms with E-state index in [0.717, 1.165) is 16.8 Å². The molecule has 0 saturated heterocycles. The fourth-order valence-corrected chi connectivity index (χ4v) is 3.62. The molecule has 1 aliphatic carbocycles. The van der Waals surface area contributed by atoms with E-state index in [9.17, 15) is 19.5 Å². The van der Waals surface area contributed by atoms with Gasteiger partial charge in [-0.25, -0.2) is 0 Å². The number of aromatic nitrogens is 1. The number of carboxylic acids is 1. The number of hydrogen-bond donors (Lipinski definition) is 3. The van der Waals surface area contributed by atoms with Gasteiger partial charge in [-0.1, -0.05) is 30.3 Å². The van der Waals surface area contributed by atoms with Gasteiger partial charge < -0.3 is 20.4 Å². The molecular formula is C23H23N3O5. The van der Waals surface area contributed by atoms with Gasteiger partial charge in [-0.05, 0) is 36.0 Å². The van der Waals surface area contributed by atoms with Crippen LogP contribution in [0.5, 0.6) is 0 Å². The second kappa shape index (κ2) is 8.59. The number of aliphatic hydroxyl groups excluding tert-OH is 1. The van der Waals surface area contributed by atoms with Crippen molar-refractivity contribution in [1.29, 1.82) is 0 Å². The summed E-state index contributed by atoms with van der Waals surface area (Å²) in [4.78, 5) is 41.4. The van der Waals surface area contributed by atoms with Crippen molar-refractivity contribution < 1.29 is 24.6 Å². The monoisotopic (exact) mass is 421 g/mol. The number of aliphatic hydroxyl groups is 1. The van der Waals surface area contributed by atoms with Crippen LogP contribution in [0.15, 0.2) is 53.9 Å². The van der Waals surface area contributed by atoms with E-state index in [1.165, 1.54) is 23.3 Å². The molecule has 31 heavy (non-hydrogen) atoms. The number of carbonyl (C=O) groups excluding carboxylic acids is 2. The van der Waals surface area contributed by atoms with Gasteiger partial charge in [0.1, 0.15) is 17.9 Å². The van der Waals surface area contributed by atoms with Gasteiger partial charge in [0, 0.05) is 31.3 Å². The van der Waals surface area contributed by atoms with Crippen molar-refractivity contribution in [2.45, 2.75) is 31.7 Å². The summed E-state index contributed by atoms with van der Waals surface area (Å²) in [5.41, 5.74) is 3.60. The summed E-state index contributed by atoms with van der Waals surface area (Å²) in [5, 5.41) is 20.8. The van der Waals surface area contributed by atoms with Gasteiger partial charge in [0.05, 0.1) is 5.69 Å². The van der Waals surface area contributed by atoms with Crippen LogP contribution in [0.2, 0.25) is 0 Å². The van der Waals surface area contributed by atoms with E-state index in [-0.39, 0.29) is 25.3 Å². The normalized spacial score (nSPS) is 16.4. The number of aliphatic carboxylic acids is 1. The number of pyridine rings is 1. The molecule has 1 saturated carbocycles. The zero-order valence-corrected chi connectivity index (χ0v) is 16.9. The summed E-state index contributed by atoms with van der Waals surface area (Å²) < 4.78 is 0. The maximum atomic E-state index is 12.7. The number of hydrogen-bond acceptors (Lipinski definition) is 5. The molecule has 2 aromatic rings. The Morgan fingerprint density at radius 3 is 2.48 bits per heavy atom. The van der Waals surface area contributed by atoms with Gasteiger partial charge >= 0.3 is 5.97 Å². The van der Waals surface area contributed by atoms with Crippen molar-refractivity contribution in [2.24, 2.45) is 0 Å². The maximum absolute atomic E-state index is 12.7. The van der Waals surface area contributed by atoms with Crippen molar-refractivity contribution in [3.05, 3.63) is 65.1 Å². The fraction of sp³-hybridized carbons (Fsp3) is 0.304. The molecule has 8 heteroatoms. The van der Waals surface area contributed by atoms with Gasteiger partial charge in [-0.3, -0.25) is 19.4 Å². The first kappa shape index (κ1) is 20.6. The van der Waals surface area contributed by atoms with Crippen LogP contribution in [0, 0.1) is 0 Å². The average molecular weight is 421 g/mol. The Bertz CT molecular complexity index is 1040. The van der Waals surface area contributed by atoms with E-state index in [1.54, 1.807) is 6.20 Å². The van der Waals surface area contributed by atoms with Gasteiger partial charge in [0.15, 0.2) is 0 Å². The number of benzene rings is 1. The SMILES string of the molecule is O=C(O)CNC(=O)C1=C(O)CCN(Cc2ccc(-c3ccc(C4CC4)cc3)nc2)C1=O. The van der Waals surface area contributed by atoms with Crippen LogP contribution < -0.4 is 5.32 Å². The largest absolute Gasteiger partial charge is 0.511 e. The third-order valence-corrected chi connectivity index (χ3v) is 5.49. The van der Waals surface area contributed by atoms with Crippen molar-refractivity contribution in [2.75, 3.05) is 13.1 Å². The summed E-state index contributed by atoms with van der Waals surface area (Å²) in [6.07, 6.45) is 4.34. The minimum absolute atomic E-state index is 0.125. The predicted molar refractivity (Wildman–Crippen MR) is 112 cm³/mol. The molecule has 0 spiro atoms. The number of carboxylic acid groups (broad SMARTS) is 1. The second-order valence-corrected chi connectivity index (χ2v) is 7.82. The Kier molecular flexibility index (Phi) is 5.70. The van der Waals surface area contributed by atoms with Crippen LogP contribution in [0.1, 0.15) is 36.3 Å². The molecule has 0 atom stereocenters. The van der Waals surface area contributed by atoms with Gasteiger partial charge in [0.25, 0.3) is 11.8 Å². The van der Waals surface area contributed by atoms with Crippen molar-refractivity contribution >= 4 is 17.8 Å². The Balaban J connectivity index is 1.42. The van der Waals surface area contributed by atoms with Crippen LogP contribution in [-0.2, 0) is 20.9 Å². The molecule has 3 N–H and O–H groups in total. The molecule has 4 rings (SSSR count). The number of rotatable bonds is 7. The number of amides is 2. The molecule has 1 aliphatic heterocycles. The third kappa shape index (κ3) is 4.74. The summed E-state index contributed by atoms with van der Waals surface area (Å²) in [6, 6.07) is 12.2. The Hall–Kier alpha value is -3.68. The zero-order chi connectivity index (χ0) is 22.0. The Labute approximate surface area is 179 Å². The molecule has 8 nitrogen and oxygen atoms in total. The molecule has 0 radical (unpaired) electrons. The van der Waals surface area contributed by atoms with E-state index in [1.807, 2.05) is 12.1 Å². The predicted octanol–water partition coefficient (Wildman–Crippen LogP) is 2.37. The number of nitrogens with one attached hydrogen (secondary N) is 1. The zero-order valence-electron chi connectivity index (χ0n) is 16.9. The summed E-state index contributed by atoms with van der Waals surface area (Å²) in [7, 11) is 0. The van der Waals surface area contributed by atoms with Crippen LogP contribution in [0.25, 0.3) is 11.3 Å². The standard InChI is InChI=1S/C23H23N3O5/c27-19-9-10-26(23(31)21(19)22(30)25-12-20(28)29)13-14-1-8-18(24-11-14)17-6-4-16(5-7-17)15-2-3-15/h1,4-8,11,15,27H,2-3,9-10,12-13H2,(H,25,30)(H,28,29). The Morgan fingerprint density at radius 2 is 1.87 bits per heavy atom. The van der Waals surface area contributed by atoms with E-state index >= 15 is 0 Å². The average Bonchev–Trinajstić information content (AvgIpc) is 3.60. The van der Waals surface area contributed by atoms with E-state index in [4.69, 9.17) is 5.11 Å². The second-order valence-electron chi connectivity index (χ2n) is 7.82. The fourth-order valence-electron chi connectivity index (χ4n) is 3.62. The lowest BCUT2D eigenvalue weighted by Crippen LogP contribution is -2.43. The smallest absolute Gasteiger partial charge is 0.322 e. The minimum Gasteiger partial charge on any atom is -0.511 e. The first-order valence-corrected chi connectivity index (χ1v) is 10.2. The first-order valence-electron chi connectivity index (χ1n) is 10.2. The highest BCUT2D eigenvalue weighted by Gasteiger charge is 2.32. The molecule has 2 heterocycles. The molecule has 160 valence electrons. The highest BCUT2D eigenvalue weighted by Crippen LogP contribution is 2.40. The molecule has 0 unspecified atom stereocenters. The Morgan fingerprint density at radius 1 is 1.13 bits per heavy atom.